The van der Waals surface area contributed by atoms with Crippen LogP contribution in [-0.4, -0.2) is 4.98 Å². The highest BCUT2D eigenvalue weighted by Crippen LogP contribution is 2.32. The Labute approximate surface area is 109 Å². The van der Waals surface area contributed by atoms with Gasteiger partial charge in [-0.3, -0.25) is 4.98 Å². The Morgan fingerprint density at radius 3 is 2.58 bits per heavy atom. The van der Waals surface area contributed by atoms with Crippen molar-refractivity contribution in [1.29, 1.82) is 0 Å². The van der Waals surface area contributed by atoms with Gasteiger partial charge in [-0.05, 0) is 30.7 Å². The van der Waals surface area contributed by atoms with Crippen LogP contribution in [0.3, 0.4) is 0 Å². The zero-order valence-corrected chi connectivity index (χ0v) is 10.3. The predicted molar refractivity (Wildman–Crippen MR) is 67.7 cm³/mol. The summed E-state index contributed by atoms with van der Waals surface area (Å²) in [6.07, 6.45) is -2.71. The van der Waals surface area contributed by atoms with Crippen molar-refractivity contribution in [2.75, 3.05) is 5.32 Å². The van der Waals surface area contributed by atoms with Crippen LogP contribution in [0, 0.1) is 6.92 Å². The van der Waals surface area contributed by atoms with Crippen molar-refractivity contribution in [2.45, 2.75) is 19.6 Å². The van der Waals surface area contributed by atoms with Gasteiger partial charge in [-0.15, -0.1) is 0 Å². The number of nitrogens with zero attached hydrogens (tertiary/aromatic N) is 1. The van der Waals surface area contributed by atoms with Gasteiger partial charge in [0.2, 0.25) is 0 Å². The Bertz CT molecular complexity index is 565. The fourth-order valence-corrected chi connectivity index (χ4v) is 1.80. The van der Waals surface area contributed by atoms with Crippen molar-refractivity contribution in [3.05, 3.63) is 59.4 Å². The first-order chi connectivity index (χ1) is 8.97. The van der Waals surface area contributed by atoms with E-state index < -0.39 is 11.7 Å². The molecule has 0 fully saturated rings. The summed E-state index contributed by atoms with van der Waals surface area (Å²) in [5, 5.41) is 2.97. The van der Waals surface area contributed by atoms with Crippen LogP contribution in [0.25, 0.3) is 0 Å². The Kier molecular flexibility index (Phi) is 3.74. The molecule has 0 saturated heterocycles. The lowest BCUT2D eigenvalue weighted by molar-refractivity contribution is -0.138. The van der Waals surface area contributed by atoms with Crippen LogP contribution >= 0.6 is 0 Å². The highest BCUT2D eigenvalue weighted by molar-refractivity contribution is 5.44. The van der Waals surface area contributed by atoms with E-state index in [0.29, 0.717) is 0 Å². The average Bonchev–Trinajstić information content (AvgIpc) is 2.36. The van der Waals surface area contributed by atoms with Crippen molar-refractivity contribution in [3.63, 3.8) is 0 Å². The van der Waals surface area contributed by atoms with Crippen LogP contribution in [0.2, 0.25) is 0 Å². The molecule has 5 heteroatoms. The van der Waals surface area contributed by atoms with Gasteiger partial charge >= 0.3 is 6.18 Å². The van der Waals surface area contributed by atoms with E-state index in [9.17, 15) is 13.2 Å². The van der Waals surface area contributed by atoms with Gasteiger partial charge in [-0.1, -0.05) is 18.2 Å². The lowest BCUT2D eigenvalue weighted by Crippen LogP contribution is -2.11. The quantitative estimate of drug-likeness (QED) is 0.907. The molecule has 0 atom stereocenters. The van der Waals surface area contributed by atoms with E-state index in [1.165, 1.54) is 12.1 Å². The number of aryl methyl sites for hydroxylation is 1. The van der Waals surface area contributed by atoms with Crippen LogP contribution in [0.15, 0.2) is 42.6 Å². The average molecular weight is 266 g/mol. The molecule has 1 heterocycles. The van der Waals surface area contributed by atoms with E-state index in [4.69, 9.17) is 0 Å². The molecule has 2 aromatic rings. The van der Waals surface area contributed by atoms with E-state index in [0.717, 1.165) is 17.4 Å². The van der Waals surface area contributed by atoms with Gasteiger partial charge < -0.3 is 5.32 Å². The Morgan fingerprint density at radius 1 is 1.16 bits per heavy atom. The summed E-state index contributed by atoms with van der Waals surface area (Å²) in [5.41, 5.74) is 1.19. The third-order valence-corrected chi connectivity index (χ3v) is 2.70. The molecule has 0 unspecified atom stereocenters. The maximum Gasteiger partial charge on any atom is 0.416 e. The number of aromatic nitrogens is 1. The highest BCUT2D eigenvalue weighted by Gasteiger charge is 2.32. The van der Waals surface area contributed by atoms with Crippen LogP contribution in [-0.2, 0) is 12.7 Å². The lowest BCUT2D eigenvalue weighted by Gasteiger charge is -2.13. The van der Waals surface area contributed by atoms with E-state index in [2.05, 4.69) is 10.3 Å². The van der Waals surface area contributed by atoms with Crippen molar-refractivity contribution in [3.8, 4) is 0 Å². The molecule has 0 aliphatic rings. The van der Waals surface area contributed by atoms with E-state index in [1.807, 2.05) is 6.92 Å². The first-order valence-corrected chi connectivity index (χ1v) is 5.78. The summed E-state index contributed by atoms with van der Waals surface area (Å²) in [4.78, 5) is 4.03. The minimum atomic E-state index is -4.33. The normalized spacial score (nSPS) is 11.4. The molecule has 1 aromatic heterocycles. The van der Waals surface area contributed by atoms with E-state index >= 15 is 0 Å². The van der Waals surface area contributed by atoms with Gasteiger partial charge in [0.25, 0.3) is 0 Å². The molecule has 2 rings (SSSR count). The summed E-state index contributed by atoms with van der Waals surface area (Å²) in [7, 11) is 0. The second-order valence-electron chi connectivity index (χ2n) is 4.19. The fraction of sp³-hybridized carbons (Fsp3) is 0.214. The van der Waals surface area contributed by atoms with Crippen molar-refractivity contribution >= 4 is 5.69 Å². The molecule has 0 spiro atoms. The van der Waals surface area contributed by atoms with Crippen LogP contribution in [0.5, 0.6) is 0 Å². The third kappa shape index (κ3) is 3.47. The zero-order chi connectivity index (χ0) is 13.9. The maximum atomic E-state index is 12.8. The predicted octanol–water partition coefficient (Wildman–Crippen LogP) is 4.02. The number of hydrogen-bond acceptors (Lipinski definition) is 2. The summed E-state index contributed by atoms with van der Waals surface area (Å²) < 4.78 is 38.4. The molecule has 1 N–H and O–H groups in total. The summed E-state index contributed by atoms with van der Waals surface area (Å²) in [6, 6.07) is 9.07. The SMILES string of the molecule is Cc1cc(NCc2ccccc2C(F)(F)F)ccn1. The van der Waals surface area contributed by atoms with Crippen molar-refractivity contribution < 1.29 is 13.2 Å². The van der Waals surface area contributed by atoms with Crippen molar-refractivity contribution in [2.24, 2.45) is 0 Å². The molecule has 19 heavy (non-hydrogen) atoms. The standard InChI is InChI=1S/C14H13F3N2/c1-10-8-12(6-7-18-10)19-9-11-4-2-3-5-13(11)14(15,16)17/h2-8H,9H2,1H3,(H,18,19). The Morgan fingerprint density at radius 2 is 1.89 bits per heavy atom. The lowest BCUT2D eigenvalue weighted by atomic mass is 10.1. The van der Waals surface area contributed by atoms with Gasteiger partial charge in [-0.2, -0.15) is 13.2 Å². The largest absolute Gasteiger partial charge is 0.416 e. The van der Waals surface area contributed by atoms with E-state index in [-0.39, 0.29) is 12.1 Å². The number of nitrogens with one attached hydrogen (secondary N) is 1. The third-order valence-electron chi connectivity index (χ3n) is 2.70. The molecule has 0 saturated carbocycles. The first kappa shape index (κ1) is 13.4. The van der Waals surface area contributed by atoms with E-state index in [1.54, 1.807) is 24.4 Å². The zero-order valence-electron chi connectivity index (χ0n) is 10.3. The molecule has 1 aromatic carbocycles. The van der Waals surface area contributed by atoms with Crippen LogP contribution in [0.4, 0.5) is 18.9 Å². The van der Waals surface area contributed by atoms with Crippen molar-refractivity contribution in [1.82, 2.24) is 4.98 Å². The molecule has 0 aliphatic heterocycles. The second kappa shape index (κ2) is 5.30. The van der Waals surface area contributed by atoms with Gasteiger partial charge in [0.15, 0.2) is 0 Å². The minimum Gasteiger partial charge on any atom is -0.381 e. The van der Waals surface area contributed by atoms with Crippen LogP contribution < -0.4 is 5.32 Å². The number of alkyl halides is 3. The molecule has 100 valence electrons. The van der Waals surface area contributed by atoms with Gasteiger partial charge in [-0.25, -0.2) is 0 Å². The number of halogens is 3. The molecular weight excluding hydrogens is 253 g/mol. The Hall–Kier alpha value is -2.04. The number of hydrogen-bond donors (Lipinski definition) is 1. The van der Waals surface area contributed by atoms with Gasteiger partial charge in [0, 0.05) is 24.1 Å². The highest BCUT2D eigenvalue weighted by atomic mass is 19.4. The Balaban J connectivity index is 2.16. The second-order valence-corrected chi connectivity index (χ2v) is 4.19. The number of benzene rings is 1. The summed E-state index contributed by atoms with van der Waals surface area (Å²) in [5.74, 6) is 0. The topological polar surface area (TPSA) is 24.9 Å². The molecule has 0 amide bonds. The summed E-state index contributed by atoms with van der Waals surface area (Å²) in [6.45, 7) is 1.95. The molecular formula is C14H13F3N2. The maximum absolute atomic E-state index is 12.8. The number of pyridine rings is 1. The van der Waals surface area contributed by atoms with Gasteiger partial charge in [0.1, 0.15) is 0 Å². The van der Waals surface area contributed by atoms with Gasteiger partial charge in [0.05, 0.1) is 5.56 Å². The monoisotopic (exact) mass is 266 g/mol. The minimum absolute atomic E-state index is 0.124. The smallest absolute Gasteiger partial charge is 0.381 e. The number of rotatable bonds is 3. The molecule has 0 aliphatic carbocycles. The summed E-state index contributed by atoms with van der Waals surface area (Å²) >= 11 is 0. The molecule has 0 radical (unpaired) electrons. The molecule has 2 nitrogen and oxygen atoms in total. The van der Waals surface area contributed by atoms with Crippen LogP contribution in [0.1, 0.15) is 16.8 Å². The fourth-order valence-electron chi connectivity index (χ4n) is 1.80. The first-order valence-electron chi connectivity index (χ1n) is 5.78. The molecule has 0 bridgehead atoms. The number of anilines is 1.